The van der Waals surface area contributed by atoms with Crippen molar-refractivity contribution in [2.45, 2.75) is 32.2 Å². The zero-order valence-electron chi connectivity index (χ0n) is 12.6. The quantitative estimate of drug-likeness (QED) is 0.552. The van der Waals surface area contributed by atoms with Crippen LogP contribution in [0.5, 0.6) is 0 Å². The van der Waals surface area contributed by atoms with Crippen LogP contribution < -0.4 is 11.1 Å². The van der Waals surface area contributed by atoms with Gasteiger partial charge >= 0.3 is 0 Å². The number of nitrogens with zero attached hydrogens (tertiary/aromatic N) is 1. The summed E-state index contributed by atoms with van der Waals surface area (Å²) < 4.78 is 10.6. The maximum absolute atomic E-state index is 12.1. The third-order valence-corrected chi connectivity index (χ3v) is 3.50. The van der Waals surface area contributed by atoms with Crippen molar-refractivity contribution in [2.24, 2.45) is 5.73 Å². The Bertz CT molecular complexity index is 264. The Morgan fingerprint density at radius 1 is 1.25 bits per heavy atom. The van der Waals surface area contributed by atoms with Gasteiger partial charge in [0.2, 0.25) is 5.91 Å². The number of carbonyl (C=O) groups excluding carboxylic acids is 1. The maximum atomic E-state index is 12.1. The highest BCUT2D eigenvalue weighted by atomic mass is 16.5. The third kappa shape index (κ3) is 6.65. The molecule has 1 rings (SSSR count). The summed E-state index contributed by atoms with van der Waals surface area (Å²) in [5.41, 5.74) is 5.30. The molecule has 1 atom stereocenters. The highest BCUT2D eigenvalue weighted by Gasteiger charge is 2.26. The molecule has 1 aliphatic heterocycles. The highest BCUT2D eigenvalue weighted by Crippen LogP contribution is 2.16. The number of nitrogens with one attached hydrogen (secondary N) is 1. The average Bonchev–Trinajstić information content (AvgIpc) is 2.49. The van der Waals surface area contributed by atoms with Gasteiger partial charge in [0.1, 0.15) is 0 Å². The van der Waals surface area contributed by atoms with Crippen molar-refractivity contribution < 1.29 is 14.3 Å². The van der Waals surface area contributed by atoms with Crippen LogP contribution in [0.1, 0.15) is 26.2 Å². The number of carbonyl (C=O) groups is 1. The fourth-order valence-corrected chi connectivity index (χ4v) is 2.44. The van der Waals surface area contributed by atoms with Crippen molar-refractivity contribution in [1.29, 1.82) is 0 Å². The van der Waals surface area contributed by atoms with Crippen LogP contribution in [-0.4, -0.2) is 69.5 Å². The van der Waals surface area contributed by atoms with Gasteiger partial charge in [0.05, 0.1) is 32.5 Å². The molecule has 0 aromatic heterocycles. The van der Waals surface area contributed by atoms with E-state index in [1.54, 1.807) is 0 Å². The van der Waals surface area contributed by atoms with E-state index in [1.165, 1.54) is 6.42 Å². The fourth-order valence-electron chi connectivity index (χ4n) is 2.44. The monoisotopic (exact) mass is 287 g/mol. The molecule has 6 heteroatoms. The molecule has 118 valence electrons. The van der Waals surface area contributed by atoms with Crippen LogP contribution in [-0.2, 0) is 14.3 Å². The van der Waals surface area contributed by atoms with Crippen molar-refractivity contribution in [3.05, 3.63) is 0 Å². The largest absolute Gasteiger partial charge is 0.378 e. The summed E-state index contributed by atoms with van der Waals surface area (Å²) in [4.78, 5) is 14.3. The molecule has 0 aromatic carbocycles. The lowest BCUT2D eigenvalue weighted by Crippen LogP contribution is -2.49. The van der Waals surface area contributed by atoms with Gasteiger partial charge in [0, 0.05) is 13.1 Å². The second-order valence-corrected chi connectivity index (χ2v) is 4.94. The minimum Gasteiger partial charge on any atom is -0.378 e. The lowest BCUT2D eigenvalue weighted by Gasteiger charge is -2.33. The van der Waals surface area contributed by atoms with Gasteiger partial charge in [-0.15, -0.1) is 0 Å². The number of ether oxygens (including phenoxy) is 2. The second-order valence-electron chi connectivity index (χ2n) is 4.94. The standard InChI is InChI=1S/C14H29N3O3/c1-2-17-8-4-3-5-13(17)14(18)16-7-10-20-12-11-19-9-6-15/h13H,2-12,15H2,1H3,(H,16,18)/t13-/m0/s1. The Kier molecular flexibility index (Phi) is 9.57. The van der Waals surface area contributed by atoms with Crippen molar-refractivity contribution >= 4 is 5.91 Å². The smallest absolute Gasteiger partial charge is 0.237 e. The number of rotatable bonds is 10. The SMILES string of the molecule is CCN1CCCC[C@H]1C(=O)NCCOCCOCCN. The number of likely N-dealkylation sites (tertiary alicyclic amines) is 1. The minimum absolute atomic E-state index is 0.0432. The van der Waals surface area contributed by atoms with Gasteiger partial charge in [0.15, 0.2) is 0 Å². The van der Waals surface area contributed by atoms with Gasteiger partial charge in [-0.1, -0.05) is 13.3 Å². The van der Waals surface area contributed by atoms with Crippen LogP contribution in [0.2, 0.25) is 0 Å². The van der Waals surface area contributed by atoms with E-state index in [0.29, 0.717) is 39.5 Å². The molecule has 6 nitrogen and oxygen atoms in total. The van der Waals surface area contributed by atoms with E-state index in [9.17, 15) is 4.79 Å². The molecule has 0 saturated carbocycles. The summed E-state index contributed by atoms with van der Waals surface area (Å²) in [5.74, 6) is 0.134. The number of amides is 1. The molecule has 3 N–H and O–H groups in total. The summed E-state index contributed by atoms with van der Waals surface area (Å²) >= 11 is 0. The molecule has 0 bridgehead atoms. The van der Waals surface area contributed by atoms with E-state index in [4.69, 9.17) is 15.2 Å². The molecule has 1 fully saturated rings. The van der Waals surface area contributed by atoms with Gasteiger partial charge in [-0.05, 0) is 25.9 Å². The zero-order chi connectivity index (χ0) is 14.6. The first-order valence-corrected chi connectivity index (χ1v) is 7.67. The third-order valence-electron chi connectivity index (χ3n) is 3.50. The highest BCUT2D eigenvalue weighted by molar-refractivity contribution is 5.81. The molecule has 0 spiro atoms. The summed E-state index contributed by atoms with van der Waals surface area (Å²) in [6, 6.07) is 0.0432. The van der Waals surface area contributed by atoms with E-state index in [0.717, 1.165) is 25.9 Å². The molecule has 20 heavy (non-hydrogen) atoms. The van der Waals surface area contributed by atoms with Gasteiger partial charge in [-0.2, -0.15) is 0 Å². The summed E-state index contributed by atoms with van der Waals surface area (Å²) in [6.07, 6.45) is 3.31. The topological polar surface area (TPSA) is 76.8 Å². The minimum atomic E-state index is 0.0432. The molecule has 0 aromatic rings. The van der Waals surface area contributed by atoms with E-state index in [2.05, 4.69) is 17.1 Å². The molecule has 0 radical (unpaired) electrons. The lowest BCUT2D eigenvalue weighted by atomic mass is 10.0. The van der Waals surface area contributed by atoms with Crippen LogP contribution in [0.4, 0.5) is 0 Å². The van der Waals surface area contributed by atoms with Crippen LogP contribution in [0.25, 0.3) is 0 Å². The number of nitrogens with two attached hydrogens (primary N) is 1. The molecule has 1 saturated heterocycles. The molecule has 0 unspecified atom stereocenters. The normalized spacial score (nSPS) is 20.0. The first-order valence-electron chi connectivity index (χ1n) is 7.67. The Morgan fingerprint density at radius 2 is 2.00 bits per heavy atom. The average molecular weight is 287 g/mol. The van der Waals surface area contributed by atoms with Crippen molar-refractivity contribution in [1.82, 2.24) is 10.2 Å². The Morgan fingerprint density at radius 3 is 2.70 bits per heavy atom. The predicted octanol–water partition coefficient (Wildman–Crippen LogP) is -0.0311. The Balaban J connectivity index is 2.04. The Hall–Kier alpha value is -0.690. The first kappa shape index (κ1) is 17.4. The van der Waals surface area contributed by atoms with Crippen molar-refractivity contribution in [3.8, 4) is 0 Å². The van der Waals surface area contributed by atoms with E-state index in [-0.39, 0.29) is 11.9 Å². The van der Waals surface area contributed by atoms with Crippen LogP contribution in [0.3, 0.4) is 0 Å². The Labute approximate surface area is 122 Å². The van der Waals surface area contributed by atoms with E-state index in [1.807, 2.05) is 0 Å². The van der Waals surface area contributed by atoms with Gasteiger partial charge in [-0.25, -0.2) is 0 Å². The summed E-state index contributed by atoms with van der Waals surface area (Å²) in [6.45, 7) is 7.35. The van der Waals surface area contributed by atoms with Crippen molar-refractivity contribution in [3.63, 3.8) is 0 Å². The van der Waals surface area contributed by atoms with Crippen molar-refractivity contribution in [2.75, 3.05) is 52.6 Å². The summed E-state index contributed by atoms with van der Waals surface area (Å²) in [7, 11) is 0. The molecule has 1 heterocycles. The fraction of sp³-hybridized carbons (Fsp3) is 0.929. The molecular formula is C14H29N3O3. The number of hydrogen-bond donors (Lipinski definition) is 2. The lowest BCUT2D eigenvalue weighted by molar-refractivity contribution is -0.127. The van der Waals surface area contributed by atoms with Crippen LogP contribution in [0, 0.1) is 0 Å². The predicted molar refractivity (Wildman–Crippen MR) is 78.6 cm³/mol. The van der Waals surface area contributed by atoms with Gasteiger partial charge < -0.3 is 20.5 Å². The van der Waals surface area contributed by atoms with Gasteiger partial charge in [0.25, 0.3) is 0 Å². The van der Waals surface area contributed by atoms with E-state index < -0.39 is 0 Å². The zero-order valence-corrected chi connectivity index (χ0v) is 12.6. The van der Waals surface area contributed by atoms with E-state index >= 15 is 0 Å². The molecule has 1 aliphatic rings. The van der Waals surface area contributed by atoms with Gasteiger partial charge in [-0.3, -0.25) is 9.69 Å². The second kappa shape index (κ2) is 11.0. The maximum Gasteiger partial charge on any atom is 0.237 e. The first-order chi connectivity index (χ1) is 9.79. The van der Waals surface area contributed by atoms with Crippen LogP contribution >= 0.6 is 0 Å². The number of likely N-dealkylation sites (N-methyl/N-ethyl adjacent to an activating group) is 1. The molecule has 1 amide bonds. The van der Waals surface area contributed by atoms with Crippen LogP contribution in [0.15, 0.2) is 0 Å². The number of piperidine rings is 1. The summed E-state index contributed by atoms with van der Waals surface area (Å²) in [5, 5.41) is 2.95. The molecular weight excluding hydrogens is 258 g/mol. The number of hydrogen-bond acceptors (Lipinski definition) is 5. The molecule has 0 aliphatic carbocycles.